The molecule has 2 aliphatic heterocycles. The largest absolute Gasteiger partial charge is 0.336 e. The van der Waals surface area contributed by atoms with Crippen LogP contribution in [0.1, 0.15) is 37.4 Å². The summed E-state index contributed by atoms with van der Waals surface area (Å²) in [5.41, 5.74) is 2.41. The van der Waals surface area contributed by atoms with Gasteiger partial charge in [-0.05, 0) is 42.2 Å². The molecule has 20 heavy (non-hydrogen) atoms. The molecule has 2 N–H and O–H groups in total. The number of nitrogens with zero attached hydrogens (tertiary/aromatic N) is 1. The SMILES string of the molecule is O=C1NC(c2cccnc2)NC2SC3=C(CCCC3)C12. The van der Waals surface area contributed by atoms with Gasteiger partial charge in [0.1, 0.15) is 6.17 Å². The molecule has 1 aliphatic carbocycles. The molecule has 3 unspecified atom stereocenters. The van der Waals surface area contributed by atoms with Crippen molar-refractivity contribution in [3.63, 3.8) is 0 Å². The van der Waals surface area contributed by atoms with E-state index in [2.05, 4.69) is 15.6 Å². The van der Waals surface area contributed by atoms with Crippen molar-refractivity contribution >= 4 is 17.7 Å². The first-order valence-electron chi connectivity index (χ1n) is 7.18. The van der Waals surface area contributed by atoms with Gasteiger partial charge in [-0.15, -0.1) is 11.8 Å². The maximum atomic E-state index is 12.5. The van der Waals surface area contributed by atoms with E-state index in [4.69, 9.17) is 0 Å². The van der Waals surface area contributed by atoms with Crippen LogP contribution in [0, 0.1) is 5.92 Å². The Morgan fingerprint density at radius 3 is 3.05 bits per heavy atom. The summed E-state index contributed by atoms with van der Waals surface area (Å²) in [6.07, 6.45) is 8.18. The smallest absolute Gasteiger partial charge is 0.231 e. The van der Waals surface area contributed by atoms with Crippen molar-refractivity contribution in [1.82, 2.24) is 15.6 Å². The van der Waals surface area contributed by atoms with Gasteiger partial charge in [0, 0.05) is 18.0 Å². The van der Waals surface area contributed by atoms with E-state index in [1.54, 1.807) is 6.20 Å². The molecule has 0 radical (unpaired) electrons. The summed E-state index contributed by atoms with van der Waals surface area (Å²) in [4.78, 5) is 18.1. The van der Waals surface area contributed by atoms with Crippen LogP contribution in [-0.4, -0.2) is 16.3 Å². The summed E-state index contributed by atoms with van der Waals surface area (Å²) in [5, 5.41) is 6.86. The van der Waals surface area contributed by atoms with Gasteiger partial charge in [-0.2, -0.15) is 0 Å². The van der Waals surface area contributed by atoms with Crippen LogP contribution in [-0.2, 0) is 4.79 Å². The third-order valence-electron chi connectivity index (χ3n) is 4.32. The summed E-state index contributed by atoms with van der Waals surface area (Å²) in [6.45, 7) is 0. The highest BCUT2D eigenvalue weighted by Crippen LogP contribution is 2.49. The number of fused-ring (bicyclic) bond motifs is 2. The lowest BCUT2D eigenvalue weighted by Crippen LogP contribution is -2.54. The number of rotatable bonds is 1. The molecule has 1 amide bonds. The standard InChI is InChI=1S/C15H17N3OS/c19-14-12-10-5-1-2-6-11(10)20-15(12)18-13(17-14)9-4-3-7-16-8-9/h3-4,7-8,12-13,15,18H,1-2,5-6H2,(H,17,19). The second-order valence-electron chi connectivity index (χ2n) is 5.57. The first kappa shape index (κ1) is 12.4. The lowest BCUT2D eigenvalue weighted by atomic mass is 9.87. The average Bonchev–Trinajstić information content (AvgIpc) is 2.87. The molecule has 3 atom stereocenters. The number of hydrogen-bond donors (Lipinski definition) is 2. The van der Waals surface area contributed by atoms with Gasteiger partial charge < -0.3 is 5.32 Å². The number of carbonyl (C=O) groups excluding carboxylic acids is 1. The van der Waals surface area contributed by atoms with E-state index in [0.29, 0.717) is 0 Å². The first-order valence-corrected chi connectivity index (χ1v) is 8.06. The zero-order chi connectivity index (χ0) is 13.5. The third-order valence-corrected chi connectivity index (χ3v) is 5.74. The summed E-state index contributed by atoms with van der Waals surface area (Å²) >= 11 is 1.87. The van der Waals surface area contributed by atoms with Crippen LogP contribution in [0.25, 0.3) is 0 Å². The molecule has 1 aromatic rings. The Morgan fingerprint density at radius 1 is 1.30 bits per heavy atom. The number of carbonyl (C=O) groups is 1. The monoisotopic (exact) mass is 287 g/mol. The summed E-state index contributed by atoms with van der Waals surface area (Å²) in [5.74, 6) is 0.199. The number of pyridine rings is 1. The minimum absolute atomic E-state index is 0.0308. The minimum Gasteiger partial charge on any atom is -0.336 e. The molecule has 0 spiro atoms. The van der Waals surface area contributed by atoms with E-state index in [0.717, 1.165) is 18.4 Å². The van der Waals surface area contributed by atoms with E-state index in [-0.39, 0.29) is 23.4 Å². The van der Waals surface area contributed by atoms with Crippen molar-refractivity contribution in [1.29, 1.82) is 0 Å². The van der Waals surface area contributed by atoms with Gasteiger partial charge in [0.05, 0.1) is 11.3 Å². The van der Waals surface area contributed by atoms with Crippen molar-refractivity contribution < 1.29 is 4.79 Å². The van der Waals surface area contributed by atoms with Crippen LogP contribution in [0.4, 0.5) is 0 Å². The Morgan fingerprint density at radius 2 is 2.20 bits per heavy atom. The second kappa shape index (κ2) is 4.90. The summed E-state index contributed by atoms with van der Waals surface area (Å²) < 4.78 is 0. The van der Waals surface area contributed by atoms with Crippen molar-refractivity contribution in [2.24, 2.45) is 5.92 Å². The predicted octanol–water partition coefficient (Wildman–Crippen LogP) is 2.32. The molecule has 0 aromatic carbocycles. The third kappa shape index (κ3) is 1.96. The van der Waals surface area contributed by atoms with Gasteiger partial charge in [-0.3, -0.25) is 15.1 Å². The molecule has 1 saturated heterocycles. The average molecular weight is 287 g/mol. The predicted molar refractivity (Wildman–Crippen MR) is 78.6 cm³/mol. The molecule has 3 heterocycles. The quantitative estimate of drug-likeness (QED) is 0.832. The van der Waals surface area contributed by atoms with Crippen molar-refractivity contribution in [3.8, 4) is 0 Å². The molecule has 4 rings (SSSR count). The van der Waals surface area contributed by atoms with Crippen LogP contribution in [0.3, 0.4) is 0 Å². The van der Waals surface area contributed by atoms with E-state index in [1.165, 1.54) is 23.3 Å². The fourth-order valence-corrected chi connectivity index (χ4v) is 4.94. The van der Waals surface area contributed by atoms with E-state index >= 15 is 0 Å². The van der Waals surface area contributed by atoms with Crippen LogP contribution in [0.2, 0.25) is 0 Å². The molecule has 1 fully saturated rings. The Balaban J connectivity index is 1.59. The topological polar surface area (TPSA) is 54.0 Å². The Hall–Kier alpha value is -1.33. The number of nitrogens with one attached hydrogen (secondary N) is 2. The zero-order valence-electron chi connectivity index (χ0n) is 11.1. The number of aromatic nitrogens is 1. The highest BCUT2D eigenvalue weighted by Gasteiger charge is 2.45. The second-order valence-corrected chi connectivity index (χ2v) is 6.80. The van der Waals surface area contributed by atoms with Gasteiger partial charge in [0.25, 0.3) is 0 Å². The van der Waals surface area contributed by atoms with E-state index in [9.17, 15) is 4.79 Å². The molecular weight excluding hydrogens is 270 g/mol. The molecule has 0 bridgehead atoms. The van der Waals surface area contributed by atoms with Gasteiger partial charge in [-0.1, -0.05) is 6.07 Å². The first-order chi connectivity index (χ1) is 9.83. The Bertz CT molecular complexity index is 572. The van der Waals surface area contributed by atoms with Crippen LogP contribution in [0.15, 0.2) is 35.0 Å². The normalized spacial score (nSPS) is 32.6. The number of thioether (sulfide) groups is 1. The van der Waals surface area contributed by atoms with E-state index < -0.39 is 0 Å². The molecule has 3 aliphatic rings. The molecule has 104 valence electrons. The number of allylic oxidation sites excluding steroid dienone is 1. The summed E-state index contributed by atoms with van der Waals surface area (Å²) in [7, 11) is 0. The molecule has 4 nitrogen and oxygen atoms in total. The number of hydrogen-bond acceptors (Lipinski definition) is 4. The van der Waals surface area contributed by atoms with Gasteiger partial charge in [0.15, 0.2) is 0 Å². The molecule has 1 aromatic heterocycles. The van der Waals surface area contributed by atoms with Gasteiger partial charge >= 0.3 is 0 Å². The van der Waals surface area contributed by atoms with Crippen LogP contribution < -0.4 is 10.6 Å². The molecule has 5 heteroatoms. The van der Waals surface area contributed by atoms with Crippen molar-refractivity contribution in [2.45, 2.75) is 37.2 Å². The Kier molecular flexibility index (Phi) is 3.04. The van der Waals surface area contributed by atoms with Crippen LogP contribution in [0.5, 0.6) is 0 Å². The highest BCUT2D eigenvalue weighted by molar-refractivity contribution is 8.04. The van der Waals surface area contributed by atoms with Gasteiger partial charge in [0.2, 0.25) is 5.91 Å². The maximum Gasteiger partial charge on any atom is 0.231 e. The fourth-order valence-electron chi connectivity index (χ4n) is 3.36. The maximum absolute atomic E-state index is 12.5. The summed E-state index contributed by atoms with van der Waals surface area (Å²) in [6, 6.07) is 3.90. The van der Waals surface area contributed by atoms with Crippen LogP contribution >= 0.6 is 11.8 Å². The lowest BCUT2D eigenvalue weighted by Gasteiger charge is -2.34. The Labute approximate surface area is 122 Å². The van der Waals surface area contributed by atoms with Gasteiger partial charge in [-0.25, -0.2) is 0 Å². The lowest BCUT2D eigenvalue weighted by molar-refractivity contribution is -0.127. The molecule has 0 saturated carbocycles. The highest BCUT2D eigenvalue weighted by atomic mass is 32.2. The van der Waals surface area contributed by atoms with E-state index in [1.807, 2.05) is 30.1 Å². The van der Waals surface area contributed by atoms with Crippen molar-refractivity contribution in [2.75, 3.05) is 0 Å². The number of amides is 1. The van der Waals surface area contributed by atoms with Crippen molar-refractivity contribution in [3.05, 3.63) is 40.6 Å². The molecular formula is C15H17N3OS. The zero-order valence-corrected chi connectivity index (χ0v) is 12.0. The minimum atomic E-state index is -0.119. The fraction of sp³-hybridized carbons (Fsp3) is 0.467.